The molecule has 1 aliphatic rings. The van der Waals surface area contributed by atoms with Crippen molar-refractivity contribution in [3.8, 4) is 0 Å². The molecule has 3 amide bonds. The summed E-state index contributed by atoms with van der Waals surface area (Å²) in [5.74, 6) is -1.19. The van der Waals surface area contributed by atoms with Crippen molar-refractivity contribution in [2.24, 2.45) is 0 Å². The molecule has 29 heavy (non-hydrogen) atoms. The maximum Gasteiger partial charge on any atom is 0.419 e. The second-order valence-electron chi connectivity index (χ2n) is 8.19. The molecule has 2 heterocycles. The van der Waals surface area contributed by atoms with E-state index in [0.29, 0.717) is 5.52 Å². The van der Waals surface area contributed by atoms with E-state index in [1.807, 2.05) is 18.2 Å². The molecule has 1 fully saturated rings. The van der Waals surface area contributed by atoms with Crippen LogP contribution in [-0.2, 0) is 25.5 Å². The van der Waals surface area contributed by atoms with E-state index in [0.717, 1.165) is 15.8 Å². The summed E-state index contributed by atoms with van der Waals surface area (Å²) in [7, 11) is 1.55. The molecular weight excluding hydrogens is 374 g/mol. The van der Waals surface area contributed by atoms with Gasteiger partial charge in [0.05, 0.1) is 5.52 Å². The van der Waals surface area contributed by atoms with Crippen molar-refractivity contribution in [2.45, 2.75) is 45.8 Å². The summed E-state index contributed by atoms with van der Waals surface area (Å²) in [6, 6.07) is 6.47. The van der Waals surface area contributed by atoms with Gasteiger partial charge in [-0.3, -0.25) is 23.9 Å². The molecule has 0 N–H and O–H groups in total. The van der Waals surface area contributed by atoms with E-state index in [-0.39, 0.29) is 18.9 Å². The normalized spacial score (nSPS) is 17.8. The van der Waals surface area contributed by atoms with Gasteiger partial charge >= 0.3 is 6.09 Å². The summed E-state index contributed by atoms with van der Waals surface area (Å²) in [6.45, 7) is 6.38. The predicted octanol–water partition coefficient (Wildman–Crippen LogP) is 2.18. The molecule has 3 rings (SSSR count). The molecular formula is C21H25N3O5. The third kappa shape index (κ3) is 4.01. The van der Waals surface area contributed by atoms with Crippen LogP contribution in [0.4, 0.5) is 4.79 Å². The van der Waals surface area contributed by atoms with Gasteiger partial charge in [0.1, 0.15) is 18.2 Å². The van der Waals surface area contributed by atoms with Crippen molar-refractivity contribution < 1.29 is 23.9 Å². The third-order valence-corrected chi connectivity index (χ3v) is 4.88. The van der Waals surface area contributed by atoms with Crippen LogP contribution >= 0.6 is 0 Å². The molecule has 1 aromatic carbocycles. The van der Waals surface area contributed by atoms with Crippen LogP contribution < -0.4 is 0 Å². The summed E-state index contributed by atoms with van der Waals surface area (Å²) < 4.78 is 6.89. The summed E-state index contributed by atoms with van der Waals surface area (Å²) in [6.07, 6.45) is 1.29. The molecule has 1 aromatic heterocycles. The topological polar surface area (TPSA) is 88.9 Å². The van der Waals surface area contributed by atoms with Crippen LogP contribution in [0.25, 0.3) is 10.9 Å². The lowest BCUT2D eigenvalue weighted by Crippen LogP contribution is -2.60. The van der Waals surface area contributed by atoms with Gasteiger partial charge in [-0.15, -0.1) is 0 Å². The smallest absolute Gasteiger partial charge is 0.419 e. The Morgan fingerprint density at radius 2 is 1.83 bits per heavy atom. The van der Waals surface area contributed by atoms with Crippen LogP contribution in [0.2, 0.25) is 0 Å². The van der Waals surface area contributed by atoms with Gasteiger partial charge in [-0.2, -0.15) is 0 Å². The molecule has 0 spiro atoms. The molecule has 8 nitrogen and oxygen atoms in total. The Labute approximate surface area is 169 Å². The molecule has 154 valence electrons. The average molecular weight is 399 g/mol. The zero-order chi connectivity index (χ0) is 21.5. The minimum atomic E-state index is -0.821. The number of rotatable bonds is 2. The first kappa shape index (κ1) is 20.6. The maximum atomic E-state index is 12.8. The Balaban J connectivity index is 2.00. The number of ether oxygens (including phenoxy) is 1. The van der Waals surface area contributed by atoms with Gasteiger partial charge in [0.2, 0.25) is 11.8 Å². The van der Waals surface area contributed by atoms with Crippen molar-refractivity contribution in [1.82, 2.24) is 14.4 Å². The Morgan fingerprint density at radius 3 is 2.45 bits per heavy atom. The predicted molar refractivity (Wildman–Crippen MR) is 106 cm³/mol. The summed E-state index contributed by atoms with van der Waals surface area (Å²) >= 11 is 0. The first-order chi connectivity index (χ1) is 13.5. The molecule has 0 radical (unpaired) electrons. The molecule has 1 atom stereocenters. The standard InChI is InChI=1S/C21H25N3O5/c1-13(25)23-12-18(26)22(5)17(19(23)27)10-14-11-24(20(28)29-21(2,3)4)16-9-7-6-8-15(14)16/h6-9,11,17H,10,12H2,1-5H3. The van der Waals surface area contributed by atoms with Crippen molar-refractivity contribution in [3.05, 3.63) is 36.0 Å². The van der Waals surface area contributed by atoms with Crippen LogP contribution in [0.1, 0.15) is 33.3 Å². The third-order valence-electron chi connectivity index (χ3n) is 4.88. The van der Waals surface area contributed by atoms with Gasteiger partial charge in [0, 0.05) is 32.0 Å². The number of piperazine rings is 1. The van der Waals surface area contributed by atoms with Crippen LogP contribution in [0.15, 0.2) is 30.5 Å². The number of amides is 3. The van der Waals surface area contributed by atoms with E-state index in [2.05, 4.69) is 0 Å². The van der Waals surface area contributed by atoms with Gasteiger partial charge in [0.15, 0.2) is 0 Å². The minimum Gasteiger partial charge on any atom is -0.443 e. The quantitative estimate of drug-likeness (QED) is 0.772. The second-order valence-corrected chi connectivity index (χ2v) is 8.19. The molecule has 0 bridgehead atoms. The van der Waals surface area contributed by atoms with E-state index in [1.165, 1.54) is 16.4 Å². The fraction of sp³-hybridized carbons (Fsp3) is 0.429. The summed E-state index contributed by atoms with van der Waals surface area (Å²) in [5, 5.41) is 0.784. The number of carbonyl (C=O) groups excluding carboxylic acids is 4. The number of nitrogens with zero attached hydrogens (tertiary/aromatic N) is 3. The second kappa shape index (κ2) is 7.35. The number of hydrogen-bond donors (Lipinski definition) is 0. The zero-order valence-corrected chi connectivity index (χ0v) is 17.3. The van der Waals surface area contributed by atoms with Gasteiger partial charge < -0.3 is 9.64 Å². The lowest BCUT2D eigenvalue weighted by molar-refractivity contribution is -0.160. The average Bonchev–Trinajstić information content (AvgIpc) is 2.99. The number of para-hydroxylation sites is 1. The van der Waals surface area contributed by atoms with Crippen molar-refractivity contribution in [1.29, 1.82) is 0 Å². The maximum absolute atomic E-state index is 12.8. The number of hydrogen-bond acceptors (Lipinski definition) is 5. The van der Waals surface area contributed by atoms with Crippen LogP contribution in [-0.4, -0.2) is 63.4 Å². The number of aromatic nitrogens is 1. The van der Waals surface area contributed by atoms with E-state index in [4.69, 9.17) is 4.74 Å². The summed E-state index contributed by atoms with van der Waals surface area (Å²) in [5.41, 5.74) is 0.712. The highest BCUT2D eigenvalue weighted by atomic mass is 16.6. The van der Waals surface area contributed by atoms with Gasteiger partial charge in [-0.25, -0.2) is 4.79 Å². The first-order valence-corrected chi connectivity index (χ1v) is 9.39. The highest BCUT2D eigenvalue weighted by molar-refractivity contribution is 6.04. The fourth-order valence-electron chi connectivity index (χ4n) is 3.42. The molecule has 0 saturated carbocycles. The monoisotopic (exact) mass is 399 g/mol. The lowest BCUT2D eigenvalue weighted by atomic mass is 10.0. The van der Waals surface area contributed by atoms with E-state index in [1.54, 1.807) is 40.1 Å². The Kier molecular flexibility index (Phi) is 5.21. The molecule has 1 saturated heterocycles. The number of imide groups is 1. The van der Waals surface area contributed by atoms with E-state index >= 15 is 0 Å². The van der Waals surface area contributed by atoms with Crippen molar-refractivity contribution >= 4 is 34.7 Å². The van der Waals surface area contributed by atoms with E-state index in [9.17, 15) is 19.2 Å². The van der Waals surface area contributed by atoms with Gasteiger partial charge in [-0.05, 0) is 32.4 Å². The van der Waals surface area contributed by atoms with Gasteiger partial charge in [0.25, 0.3) is 5.91 Å². The summed E-state index contributed by atoms with van der Waals surface area (Å²) in [4.78, 5) is 51.9. The van der Waals surface area contributed by atoms with Gasteiger partial charge in [-0.1, -0.05) is 18.2 Å². The van der Waals surface area contributed by atoms with E-state index < -0.39 is 29.6 Å². The molecule has 1 unspecified atom stereocenters. The number of carbonyl (C=O) groups is 4. The Morgan fingerprint density at radius 1 is 1.17 bits per heavy atom. The zero-order valence-electron chi connectivity index (χ0n) is 17.3. The molecule has 8 heteroatoms. The van der Waals surface area contributed by atoms with Crippen molar-refractivity contribution in [3.63, 3.8) is 0 Å². The molecule has 0 aliphatic carbocycles. The number of benzene rings is 1. The van der Waals surface area contributed by atoms with Crippen LogP contribution in [0.5, 0.6) is 0 Å². The largest absolute Gasteiger partial charge is 0.443 e. The Hall–Kier alpha value is -3.16. The molecule has 1 aliphatic heterocycles. The lowest BCUT2D eigenvalue weighted by Gasteiger charge is -2.36. The van der Waals surface area contributed by atoms with Crippen LogP contribution in [0, 0.1) is 0 Å². The molecule has 2 aromatic rings. The first-order valence-electron chi connectivity index (χ1n) is 9.39. The van der Waals surface area contributed by atoms with Crippen LogP contribution in [0.3, 0.4) is 0 Å². The van der Waals surface area contributed by atoms with Crippen molar-refractivity contribution in [2.75, 3.05) is 13.6 Å². The number of likely N-dealkylation sites (N-methyl/N-ethyl adjacent to an activating group) is 1. The number of fused-ring (bicyclic) bond motifs is 1. The Bertz CT molecular complexity index is 1000. The highest BCUT2D eigenvalue weighted by Gasteiger charge is 2.39. The minimum absolute atomic E-state index is 0.182. The fourth-order valence-corrected chi connectivity index (χ4v) is 3.42. The highest BCUT2D eigenvalue weighted by Crippen LogP contribution is 2.26. The SMILES string of the molecule is CC(=O)N1CC(=O)N(C)C(Cc2cn(C(=O)OC(C)(C)C)c3ccccc23)C1=O.